The molecule has 2 aromatic rings. The van der Waals surface area contributed by atoms with Gasteiger partial charge in [0, 0.05) is 13.1 Å². The lowest BCUT2D eigenvalue weighted by Gasteiger charge is -2.07. The van der Waals surface area contributed by atoms with Gasteiger partial charge in [0.2, 0.25) is 0 Å². The molecule has 1 aromatic heterocycles. The first kappa shape index (κ1) is 16.5. The molecule has 0 spiro atoms. The lowest BCUT2D eigenvalue weighted by molar-refractivity contribution is -0.121. The Morgan fingerprint density at radius 2 is 1.92 bits per heavy atom. The minimum atomic E-state index is -3.88. The molecule has 0 radical (unpaired) electrons. The maximum atomic E-state index is 12.4. The van der Waals surface area contributed by atoms with Gasteiger partial charge in [-0.1, -0.05) is 17.7 Å². The maximum absolute atomic E-state index is 12.4. The quantitative estimate of drug-likeness (QED) is 0.785. The number of hydrogen-bond acceptors (Lipinski definition) is 5. The highest BCUT2D eigenvalue weighted by atomic mass is 32.2. The highest BCUT2D eigenvalue weighted by Gasteiger charge is 2.32. The lowest BCUT2D eigenvalue weighted by Crippen LogP contribution is -2.24. The van der Waals surface area contributed by atoms with Crippen molar-refractivity contribution in [1.82, 2.24) is 4.90 Å². The molecule has 0 aliphatic carbocycles. The number of carbonyl (C=O) groups excluding carboxylic acids is 1. The summed E-state index contributed by atoms with van der Waals surface area (Å²) < 4.78 is 33.8. The Kier molecular flexibility index (Phi) is 4.33. The van der Waals surface area contributed by atoms with Gasteiger partial charge in [0.1, 0.15) is 5.76 Å². The number of aryl methyl sites for hydroxylation is 1. The molecule has 0 atom stereocenters. The molecule has 124 valence electrons. The predicted molar refractivity (Wildman–Crippen MR) is 92.8 cm³/mol. The van der Waals surface area contributed by atoms with Gasteiger partial charge in [0.15, 0.2) is 5.17 Å². The summed E-state index contributed by atoms with van der Waals surface area (Å²) in [6.07, 6.45) is 3.06. The van der Waals surface area contributed by atoms with E-state index < -0.39 is 10.0 Å². The third-order valence-electron chi connectivity index (χ3n) is 3.34. The molecular weight excluding hydrogens is 348 g/mol. The van der Waals surface area contributed by atoms with Crippen LogP contribution in [0, 0.1) is 6.92 Å². The molecule has 0 N–H and O–H groups in total. The van der Waals surface area contributed by atoms with E-state index in [4.69, 9.17) is 4.42 Å². The van der Waals surface area contributed by atoms with Crippen molar-refractivity contribution in [2.75, 3.05) is 7.05 Å². The van der Waals surface area contributed by atoms with Gasteiger partial charge in [-0.05, 0) is 43.0 Å². The molecule has 2 heterocycles. The molecule has 1 aromatic carbocycles. The van der Waals surface area contributed by atoms with Crippen LogP contribution in [0.2, 0.25) is 0 Å². The Morgan fingerprint density at radius 1 is 1.21 bits per heavy atom. The number of nitrogens with zero attached hydrogens (tertiary/aromatic N) is 2. The van der Waals surface area contributed by atoms with Crippen molar-refractivity contribution in [2.24, 2.45) is 4.40 Å². The van der Waals surface area contributed by atoms with Gasteiger partial charge in [0.05, 0.1) is 16.1 Å². The molecule has 24 heavy (non-hydrogen) atoms. The monoisotopic (exact) mass is 362 g/mol. The van der Waals surface area contributed by atoms with Gasteiger partial charge < -0.3 is 4.42 Å². The first-order valence-electron chi connectivity index (χ1n) is 6.99. The van der Waals surface area contributed by atoms with Crippen LogP contribution in [-0.2, 0) is 14.8 Å². The van der Waals surface area contributed by atoms with Crippen LogP contribution in [0.1, 0.15) is 11.3 Å². The number of thioether (sulfide) groups is 1. The smallest absolute Gasteiger partial charge is 0.284 e. The van der Waals surface area contributed by atoms with E-state index in [-0.39, 0.29) is 16.0 Å². The van der Waals surface area contributed by atoms with Crippen molar-refractivity contribution >= 4 is 38.9 Å². The van der Waals surface area contributed by atoms with Crippen molar-refractivity contribution in [3.63, 3.8) is 0 Å². The standard InChI is InChI=1S/C16H14N2O4S2/c1-11-5-7-13(8-6-11)24(20,21)17-16-18(2)15(19)14(23-16)10-12-4-3-9-22-12/h3-10H,1-2H3/b14-10-,17-16+. The largest absolute Gasteiger partial charge is 0.465 e. The van der Waals surface area contributed by atoms with Crippen LogP contribution < -0.4 is 0 Å². The van der Waals surface area contributed by atoms with Gasteiger partial charge in [-0.2, -0.15) is 8.42 Å². The summed E-state index contributed by atoms with van der Waals surface area (Å²) in [5.74, 6) is 0.191. The summed E-state index contributed by atoms with van der Waals surface area (Å²) in [5.41, 5.74) is 0.952. The minimum Gasteiger partial charge on any atom is -0.465 e. The molecule has 0 bridgehead atoms. The Bertz CT molecular complexity index is 927. The molecule has 8 heteroatoms. The van der Waals surface area contributed by atoms with E-state index in [2.05, 4.69) is 4.40 Å². The van der Waals surface area contributed by atoms with Crippen molar-refractivity contribution in [3.05, 3.63) is 58.9 Å². The number of sulfonamides is 1. The zero-order valence-corrected chi connectivity index (χ0v) is 14.6. The fraction of sp³-hybridized carbons (Fsp3) is 0.125. The molecule has 1 amide bonds. The molecule has 1 saturated heterocycles. The Hall–Kier alpha value is -2.32. The van der Waals surface area contributed by atoms with Crippen molar-refractivity contribution in [2.45, 2.75) is 11.8 Å². The maximum Gasteiger partial charge on any atom is 0.284 e. The minimum absolute atomic E-state index is 0.0884. The highest BCUT2D eigenvalue weighted by Crippen LogP contribution is 2.32. The van der Waals surface area contributed by atoms with Crippen LogP contribution in [0.15, 0.2) is 61.3 Å². The molecule has 3 rings (SSSR count). The number of rotatable bonds is 3. The van der Waals surface area contributed by atoms with Crippen LogP contribution in [0.5, 0.6) is 0 Å². The zero-order chi connectivity index (χ0) is 17.3. The predicted octanol–water partition coefficient (Wildman–Crippen LogP) is 2.88. The second-order valence-corrected chi connectivity index (χ2v) is 7.77. The first-order valence-corrected chi connectivity index (χ1v) is 9.25. The molecule has 6 nitrogen and oxygen atoms in total. The molecule has 1 aliphatic rings. The Balaban J connectivity index is 1.93. The molecule has 0 unspecified atom stereocenters. The average Bonchev–Trinajstić information content (AvgIpc) is 3.13. The highest BCUT2D eigenvalue weighted by molar-refractivity contribution is 8.19. The number of amides is 1. The van der Waals surface area contributed by atoms with Crippen LogP contribution in [-0.4, -0.2) is 31.4 Å². The van der Waals surface area contributed by atoms with E-state index in [1.807, 2.05) is 6.92 Å². The molecule has 0 saturated carbocycles. The normalized spacial score (nSPS) is 18.8. The van der Waals surface area contributed by atoms with Crippen LogP contribution >= 0.6 is 11.8 Å². The number of hydrogen-bond donors (Lipinski definition) is 0. The molecule has 1 aliphatic heterocycles. The average molecular weight is 362 g/mol. The Morgan fingerprint density at radius 3 is 2.54 bits per heavy atom. The number of amidine groups is 1. The van der Waals surface area contributed by atoms with Crippen LogP contribution in [0.3, 0.4) is 0 Å². The zero-order valence-electron chi connectivity index (χ0n) is 13.0. The first-order chi connectivity index (χ1) is 11.4. The second-order valence-electron chi connectivity index (χ2n) is 5.15. The van der Waals surface area contributed by atoms with Crippen LogP contribution in [0.4, 0.5) is 0 Å². The topological polar surface area (TPSA) is 80.0 Å². The van der Waals surface area contributed by atoms with Gasteiger partial charge in [-0.25, -0.2) is 0 Å². The van der Waals surface area contributed by atoms with Crippen molar-refractivity contribution in [1.29, 1.82) is 0 Å². The summed E-state index contributed by atoms with van der Waals surface area (Å²) in [6, 6.07) is 9.81. The lowest BCUT2D eigenvalue weighted by atomic mass is 10.2. The van der Waals surface area contributed by atoms with E-state index in [1.165, 1.54) is 30.3 Å². The summed E-state index contributed by atoms with van der Waals surface area (Å²) in [7, 11) is -2.39. The fourth-order valence-electron chi connectivity index (χ4n) is 2.00. The molecule has 1 fully saturated rings. The summed E-state index contributed by atoms with van der Waals surface area (Å²) >= 11 is 0.998. The van der Waals surface area contributed by atoms with Crippen LogP contribution in [0.25, 0.3) is 6.08 Å². The third-order valence-corrected chi connectivity index (χ3v) is 5.79. The number of carbonyl (C=O) groups is 1. The summed E-state index contributed by atoms with van der Waals surface area (Å²) in [6.45, 7) is 1.87. The number of furan rings is 1. The van der Waals surface area contributed by atoms with Gasteiger partial charge in [-0.3, -0.25) is 9.69 Å². The second kappa shape index (κ2) is 6.29. The Labute approximate surface area is 143 Å². The number of likely N-dealkylation sites (N-methyl/N-ethyl adjacent to an activating group) is 1. The van der Waals surface area contributed by atoms with Gasteiger partial charge >= 0.3 is 0 Å². The SMILES string of the molecule is Cc1ccc(S(=O)(=O)/N=C2/S/C(=C\c3ccco3)C(=O)N2C)cc1. The fourth-order valence-corrected chi connectivity index (χ4v) is 4.17. The van der Waals surface area contributed by atoms with E-state index in [0.29, 0.717) is 10.7 Å². The van der Waals surface area contributed by atoms with E-state index in [1.54, 1.807) is 30.3 Å². The van der Waals surface area contributed by atoms with E-state index in [9.17, 15) is 13.2 Å². The number of benzene rings is 1. The van der Waals surface area contributed by atoms with Gasteiger partial charge in [0.25, 0.3) is 15.9 Å². The summed E-state index contributed by atoms with van der Waals surface area (Å²) in [5, 5.41) is 0.110. The summed E-state index contributed by atoms with van der Waals surface area (Å²) in [4.78, 5) is 13.9. The van der Waals surface area contributed by atoms with Crippen molar-refractivity contribution < 1.29 is 17.6 Å². The third kappa shape index (κ3) is 3.29. The van der Waals surface area contributed by atoms with E-state index >= 15 is 0 Å². The molecular formula is C16H14N2O4S2. The van der Waals surface area contributed by atoms with Gasteiger partial charge in [-0.15, -0.1) is 4.40 Å². The van der Waals surface area contributed by atoms with Crippen molar-refractivity contribution in [3.8, 4) is 0 Å². The van der Waals surface area contributed by atoms with E-state index in [0.717, 1.165) is 17.3 Å².